The number of carbonyl (C=O) groups excluding carboxylic acids is 1. The quantitative estimate of drug-likeness (QED) is 0.812. The van der Waals surface area contributed by atoms with Gasteiger partial charge in [-0.15, -0.1) is 0 Å². The Balaban J connectivity index is 2.59. The molecule has 1 aromatic rings. The van der Waals surface area contributed by atoms with Crippen molar-refractivity contribution in [3.63, 3.8) is 0 Å². The van der Waals surface area contributed by atoms with E-state index >= 15 is 0 Å². The minimum atomic E-state index is -0.0209. The first-order valence-corrected chi connectivity index (χ1v) is 5.61. The molecule has 0 aliphatic rings. The lowest BCUT2D eigenvalue weighted by Crippen LogP contribution is -2.29. The van der Waals surface area contributed by atoms with E-state index < -0.39 is 0 Å². The number of aryl methyl sites for hydroxylation is 2. The number of nitrogens with one attached hydrogen (secondary N) is 1. The van der Waals surface area contributed by atoms with E-state index in [1.54, 1.807) is 0 Å². The lowest BCUT2D eigenvalue weighted by atomic mass is 10.1. The van der Waals surface area contributed by atoms with E-state index in [9.17, 15) is 4.79 Å². The van der Waals surface area contributed by atoms with Gasteiger partial charge in [0.1, 0.15) is 0 Å². The van der Waals surface area contributed by atoms with E-state index in [1.807, 2.05) is 32.9 Å². The highest BCUT2D eigenvalue weighted by Crippen LogP contribution is 2.08. The zero-order chi connectivity index (χ0) is 12.1. The minimum Gasteiger partial charge on any atom is -0.352 e. The average molecular weight is 220 g/mol. The monoisotopic (exact) mass is 220 g/mol. The molecule has 1 unspecified atom stereocenters. The van der Waals surface area contributed by atoms with Gasteiger partial charge >= 0.3 is 0 Å². The molecule has 16 heavy (non-hydrogen) atoms. The van der Waals surface area contributed by atoms with Crippen LogP contribution in [0, 0.1) is 13.8 Å². The van der Waals surface area contributed by atoms with Crippen LogP contribution in [0.5, 0.6) is 0 Å². The Labute approximate surface area is 97.0 Å². The van der Waals surface area contributed by atoms with Gasteiger partial charge in [0.15, 0.2) is 0 Å². The molecule has 3 N–H and O–H groups in total. The van der Waals surface area contributed by atoms with Crippen LogP contribution in [-0.2, 0) is 0 Å². The van der Waals surface area contributed by atoms with Crippen LogP contribution in [-0.4, -0.2) is 18.5 Å². The maximum atomic E-state index is 11.8. The number of rotatable bonds is 4. The minimum absolute atomic E-state index is 0.0209. The summed E-state index contributed by atoms with van der Waals surface area (Å²) < 4.78 is 0. The van der Waals surface area contributed by atoms with Gasteiger partial charge in [-0.05, 0) is 39.3 Å². The predicted molar refractivity (Wildman–Crippen MR) is 66.5 cm³/mol. The second kappa shape index (κ2) is 5.66. The lowest BCUT2D eigenvalue weighted by Gasteiger charge is -2.08. The maximum Gasteiger partial charge on any atom is 0.251 e. The van der Waals surface area contributed by atoms with Crippen molar-refractivity contribution in [3.05, 3.63) is 34.9 Å². The molecule has 0 saturated heterocycles. The molecule has 0 heterocycles. The van der Waals surface area contributed by atoms with Crippen LogP contribution in [0.1, 0.15) is 34.8 Å². The molecule has 1 amide bonds. The lowest BCUT2D eigenvalue weighted by molar-refractivity contribution is 0.0952. The van der Waals surface area contributed by atoms with Gasteiger partial charge in [0.2, 0.25) is 0 Å². The van der Waals surface area contributed by atoms with Crippen LogP contribution >= 0.6 is 0 Å². The molecule has 0 aliphatic carbocycles. The summed E-state index contributed by atoms with van der Waals surface area (Å²) >= 11 is 0. The fraction of sp³-hybridized carbons (Fsp3) is 0.462. The molecule has 3 nitrogen and oxygen atoms in total. The third-order valence-electron chi connectivity index (χ3n) is 2.37. The van der Waals surface area contributed by atoms with Crippen molar-refractivity contribution >= 4 is 5.91 Å². The van der Waals surface area contributed by atoms with Crippen molar-refractivity contribution in [1.29, 1.82) is 0 Å². The number of hydrogen-bond donors (Lipinski definition) is 2. The topological polar surface area (TPSA) is 55.1 Å². The molecule has 1 atom stereocenters. The molecule has 0 bridgehead atoms. The maximum absolute atomic E-state index is 11.8. The van der Waals surface area contributed by atoms with Crippen LogP contribution in [0.25, 0.3) is 0 Å². The number of carbonyl (C=O) groups is 1. The van der Waals surface area contributed by atoms with Gasteiger partial charge in [0, 0.05) is 18.2 Å². The molecular formula is C13H20N2O. The number of benzene rings is 1. The zero-order valence-electron chi connectivity index (χ0n) is 10.2. The van der Waals surface area contributed by atoms with Gasteiger partial charge in [0.25, 0.3) is 5.91 Å². The number of amides is 1. The van der Waals surface area contributed by atoms with Gasteiger partial charge < -0.3 is 11.1 Å². The van der Waals surface area contributed by atoms with Crippen molar-refractivity contribution in [2.45, 2.75) is 33.2 Å². The van der Waals surface area contributed by atoms with Gasteiger partial charge in [-0.1, -0.05) is 17.2 Å². The van der Waals surface area contributed by atoms with E-state index in [1.165, 1.54) is 0 Å². The summed E-state index contributed by atoms with van der Waals surface area (Å²) in [6.07, 6.45) is 0.802. The Bertz CT molecular complexity index is 352. The van der Waals surface area contributed by atoms with Gasteiger partial charge in [-0.2, -0.15) is 0 Å². The van der Waals surface area contributed by atoms with Crippen LogP contribution in [0.3, 0.4) is 0 Å². The van der Waals surface area contributed by atoms with Crippen molar-refractivity contribution in [1.82, 2.24) is 5.32 Å². The van der Waals surface area contributed by atoms with E-state index in [0.717, 1.165) is 23.1 Å². The highest BCUT2D eigenvalue weighted by molar-refractivity contribution is 5.94. The fourth-order valence-corrected chi connectivity index (χ4v) is 1.62. The largest absolute Gasteiger partial charge is 0.352 e. The molecular weight excluding hydrogens is 200 g/mol. The molecule has 0 aliphatic heterocycles. The third kappa shape index (κ3) is 4.03. The van der Waals surface area contributed by atoms with Crippen LogP contribution in [0.15, 0.2) is 18.2 Å². The normalized spacial score (nSPS) is 12.2. The van der Waals surface area contributed by atoms with E-state index in [4.69, 9.17) is 5.73 Å². The van der Waals surface area contributed by atoms with Crippen LogP contribution in [0.2, 0.25) is 0 Å². The Morgan fingerprint density at radius 3 is 2.38 bits per heavy atom. The first-order chi connectivity index (χ1) is 7.49. The first kappa shape index (κ1) is 12.7. The molecule has 3 heteroatoms. The standard InChI is InChI=1S/C13H20N2O/c1-9-6-10(2)8-12(7-9)13(16)15-5-4-11(3)14/h6-8,11H,4-5,14H2,1-3H3,(H,15,16). The Kier molecular flexibility index (Phi) is 4.50. The Morgan fingerprint density at radius 2 is 1.88 bits per heavy atom. The summed E-state index contributed by atoms with van der Waals surface area (Å²) in [5.41, 5.74) is 8.56. The SMILES string of the molecule is Cc1cc(C)cc(C(=O)NCCC(C)N)c1. The summed E-state index contributed by atoms with van der Waals surface area (Å²) in [5, 5.41) is 2.87. The van der Waals surface area contributed by atoms with Crippen LogP contribution in [0.4, 0.5) is 0 Å². The molecule has 88 valence electrons. The molecule has 1 aromatic carbocycles. The van der Waals surface area contributed by atoms with Crippen molar-refractivity contribution in [3.8, 4) is 0 Å². The zero-order valence-corrected chi connectivity index (χ0v) is 10.2. The highest BCUT2D eigenvalue weighted by Gasteiger charge is 2.06. The van der Waals surface area contributed by atoms with Crippen molar-refractivity contribution in [2.75, 3.05) is 6.54 Å². The smallest absolute Gasteiger partial charge is 0.251 e. The second-order valence-electron chi connectivity index (χ2n) is 4.40. The van der Waals surface area contributed by atoms with Gasteiger partial charge in [-0.25, -0.2) is 0 Å². The summed E-state index contributed by atoms with van der Waals surface area (Å²) in [6.45, 7) is 6.55. The number of hydrogen-bond acceptors (Lipinski definition) is 2. The highest BCUT2D eigenvalue weighted by atomic mass is 16.1. The average Bonchev–Trinajstić information content (AvgIpc) is 2.15. The summed E-state index contributed by atoms with van der Waals surface area (Å²) in [4.78, 5) is 11.8. The third-order valence-corrected chi connectivity index (χ3v) is 2.37. The van der Waals surface area contributed by atoms with E-state index in [0.29, 0.717) is 6.54 Å². The van der Waals surface area contributed by atoms with Crippen LogP contribution < -0.4 is 11.1 Å². The molecule has 0 saturated carbocycles. The molecule has 0 fully saturated rings. The second-order valence-corrected chi connectivity index (χ2v) is 4.40. The fourth-order valence-electron chi connectivity index (χ4n) is 1.62. The van der Waals surface area contributed by atoms with Gasteiger partial charge in [-0.3, -0.25) is 4.79 Å². The summed E-state index contributed by atoms with van der Waals surface area (Å²) in [6, 6.07) is 5.97. The van der Waals surface area contributed by atoms with Crippen molar-refractivity contribution < 1.29 is 4.79 Å². The number of nitrogens with two attached hydrogens (primary N) is 1. The molecule has 0 spiro atoms. The molecule has 1 rings (SSSR count). The molecule has 0 aromatic heterocycles. The Morgan fingerprint density at radius 1 is 1.31 bits per heavy atom. The summed E-state index contributed by atoms with van der Waals surface area (Å²) in [7, 11) is 0. The van der Waals surface area contributed by atoms with Crippen molar-refractivity contribution in [2.24, 2.45) is 5.73 Å². The first-order valence-electron chi connectivity index (χ1n) is 5.61. The summed E-state index contributed by atoms with van der Waals surface area (Å²) in [5.74, 6) is -0.0209. The molecule has 0 radical (unpaired) electrons. The predicted octanol–water partition coefficient (Wildman–Crippen LogP) is 1.77. The van der Waals surface area contributed by atoms with E-state index in [2.05, 4.69) is 11.4 Å². The Hall–Kier alpha value is -1.35. The van der Waals surface area contributed by atoms with E-state index in [-0.39, 0.29) is 11.9 Å². The van der Waals surface area contributed by atoms with Gasteiger partial charge in [0.05, 0.1) is 0 Å².